The summed E-state index contributed by atoms with van der Waals surface area (Å²) in [6, 6.07) is 12.3. The fourth-order valence-electron chi connectivity index (χ4n) is 1.82. The molecular weight excluding hydrogens is 403 g/mol. The minimum atomic E-state index is -0.264. The SMILES string of the molecule is C/C(=N/O)c1ccccc1NC(=O)c1cc(Cl)ccc1I. The van der Waals surface area contributed by atoms with Crippen molar-refractivity contribution in [3.8, 4) is 0 Å². The van der Waals surface area contributed by atoms with Crippen molar-refractivity contribution in [3.05, 3.63) is 62.2 Å². The summed E-state index contributed by atoms with van der Waals surface area (Å²) in [6.45, 7) is 1.66. The van der Waals surface area contributed by atoms with Gasteiger partial charge in [0.1, 0.15) is 0 Å². The predicted molar refractivity (Wildman–Crippen MR) is 92.6 cm³/mol. The Labute approximate surface area is 141 Å². The van der Waals surface area contributed by atoms with Crippen molar-refractivity contribution < 1.29 is 10.0 Å². The van der Waals surface area contributed by atoms with E-state index in [-0.39, 0.29) is 5.91 Å². The van der Waals surface area contributed by atoms with Gasteiger partial charge in [-0.1, -0.05) is 35.0 Å². The zero-order valence-corrected chi connectivity index (χ0v) is 14.0. The van der Waals surface area contributed by atoms with Gasteiger partial charge < -0.3 is 10.5 Å². The molecule has 6 heteroatoms. The second-order valence-electron chi connectivity index (χ2n) is 4.31. The van der Waals surface area contributed by atoms with Crippen LogP contribution in [-0.2, 0) is 0 Å². The molecule has 2 N–H and O–H groups in total. The van der Waals surface area contributed by atoms with Crippen molar-refractivity contribution >= 4 is 51.5 Å². The number of halogens is 2. The third-order valence-corrected chi connectivity index (χ3v) is 4.06. The zero-order valence-electron chi connectivity index (χ0n) is 11.1. The molecule has 2 aromatic carbocycles. The second kappa shape index (κ2) is 6.91. The first-order valence-electron chi connectivity index (χ1n) is 6.07. The quantitative estimate of drug-likeness (QED) is 0.338. The van der Waals surface area contributed by atoms with E-state index in [4.69, 9.17) is 16.8 Å². The molecule has 2 aromatic rings. The summed E-state index contributed by atoms with van der Waals surface area (Å²) in [5.41, 5.74) is 2.15. The van der Waals surface area contributed by atoms with Crippen molar-refractivity contribution in [2.45, 2.75) is 6.92 Å². The summed E-state index contributed by atoms with van der Waals surface area (Å²) in [4.78, 5) is 12.4. The zero-order chi connectivity index (χ0) is 15.4. The Morgan fingerprint density at radius 1 is 1.24 bits per heavy atom. The van der Waals surface area contributed by atoms with Crippen LogP contribution in [-0.4, -0.2) is 16.8 Å². The summed E-state index contributed by atoms with van der Waals surface area (Å²) < 4.78 is 0.805. The van der Waals surface area contributed by atoms with Crippen LogP contribution in [0.5, 0.6) is 0 Å². The predicted octanol–water partition coefficient (Wildman–Crippen LogP) is 4.40. The topological polar surface area (TPSA) is 61.7 Å². The summed E-state index contributed by atoms with van der Waals surface area (Å²) in [7, 11) is 0. The van der Waals surface area contributed by atoms with Crippen molar-refractivity contribution in [1.82, 2.24) is 0 Å². The summed E-state index contributed by atoms with van der Waals surface area (Å²) in [5.74, 6) is -0.264. The molecule has 0 aliphatic heterocycles. The van der Waals surface area contributed by atoms with Crippen LogP contribution in [0.15, 0.2) is 47.6 Å². The Bertz CT molecular complexity index is 717. The van der Waals surface area contributed by atoms with Crippen molar-refractivity contribution in [2.75, 3.05) is 5.32 Å². The number of benzene rings is 2. The molecule has 2 rings (SSSR count). The molecule has 0 radical (unpaired) electrons. The highest BCUT2D eigenvalue weighted by molar-refractivity contribution is 14.1. The first-order valence-corrected chi connectivity index (χ1v) is 7.53. The third-order valence-electron chi connectivity index (χ3n) is 2.89. The van der Waals surface area contributed by atoms with Crippen molar-refractivity contribution in [3.63, 3.8) is 0 Å². The van der Waals surface area contributed by atoms with Crippen LogP contribution >= 0.6 is 34.2 Å². The van der Waals surface area contributed by atoms with Gasteiger partial charge in [-0.15, -0.1) is 0 Å². The van der Waals surface area contributed by atoms with E-state index in [1.165, 1.54) is 0 Å². The molecule has 0 unspecified atom stereocenters. The normalized spacial score (nSPS) is 11.3. The Balaban J connectivity index is 2.34. The number of nitrogens with zero attached hydrogens (tertiary/aromatic N) is 1. The number of anilines is 1. The fraction of sp³-hybridized carbons (Fsp3) is 0.0667. The molecule has 0 heterocycles. The van der Waals surface area contributed by atoms with E-state index in [0.29, 0.717) is 27.5 Å². The Morgan fingerprint density at radius 3 is 2.67 bits per heavy atom. The second-order valence-corrected chi connectivity index (χ2v) is 5.91. The largest absolute Gasteiger partial charge is 0.411 e. The van der Waals surface area contributed by atoms with E-state index < -0.39 is 0 Å². The monoisotopic (exact) mass is 414 g/mol. The van der Waals surface area contributed by atoms with E-state index in [2.05, 4.69) is 33.1 Å². The summed E-state index contributed by atoms with van der Waals surface area (Å²) in [5, 5.41) is 15.4. The average Bonchev–Trinajstić information content (AvgIpc) is 2.49. The van der Waals surface area contributed by atoms with Gasteiger partial charge in [0, 0.05) is 14.2 Å². The van der Waals surface area contributed by atoms with Gasteiger partial charge in [-0.25, -0.2) is 0 Å². The Morgan fingerprint density at radius 2 is 1.95 bits per heavy atom. The molecule has 0 aliphatic carbocycles. The van der Waals surface area contributed by atoms with Crippen LogP contribution in [0.3, 0.4) is 0 Å². The molecule has 0 fully saturated rings. The maximum Gasteiger partial charge on any atom is 0.256 e. The number of carbonyl (C=O) groups excluding carboxylic acids is 1. The summed E-state index contributed by atoms with van der Waals surface area (Å²) in [6.07, 6.45) is 0. The molecule has 0 saturated heterocycles. The molecule has 0 saturated carbocycles. The lowest BCUT2D eigenvalue weighted by molar-refractivity contribution is 0.102. The van der Waals surface area contributed by atoms with Gasteiger partial charge >= 0.3 is 0 Å². The van der Waals surface area contributed by atoms with Gasteiger partial charge in [0.2, 0.25) is 0 Å². The van der Waals surface area contributed by atoms with E-state index in [1.807, 2.05) is 6.07 Å². The van der Waals surface area contributed by atoms with Crippen LogP contribution in [0.2, 0.25) is 5.02 Å². The fourth-order valence-corrected chi connectivity index (χ4v) is 2.58. The van der Waals surface area contributed by atoms with Gasteiger partial charge in [0.15, 0.2) is 0 Å². The molecule has 0 spiro atoms. The first kappa shape index (κ1) is 15.8. The average molecular weight is 415 g/mol. The number of amides is 1. The molecule has 1 amide bonds. The van der Waals surface area contributed by atoms with Gasteiger partial charge in [-0.3, -0.25) is 4.79 Å². The van der Waals surface area contributed by atoms with Gasteiger partial charge in [-0.2, -0.15) is 0 Å². The van der Waals surface area contributed by atoms with Gasteiger partial charge in [-0.05, 0) is 53.8 Å². The smallest absolute Gasteiger partial charge is 0.256 e. The molecule has 108 valence electrons. The standard InChI is InChI=1S/C15H12ClIN2O2/c1-9(19-21)11-4-2-3-5-14(11)18-15(20)12-8-10(16)6-7-13(12)17/h2-8,21H,1H3,(H,18,20)/b19-9-. The van der Waals surface area contributed by atoms with Gasteiger partial charge in [0.05, 0.1) is 17.0 Å². The minimum absolute atomic E-state index is 0.264. The Hall–Kier alpha value is -1.60. The lowest BCUT2D eigenvalue weighted by atomic mass is 10.1. The number of hydrogen-bond acceptors (Lipinski definition) is 3. The van der Waals surface area contributed by atoms with E-state index in [0.717, 1.165) is 3.57 Å². The maximum atomic E-state index is 12.4. The number of para-hydroxylation sites is 1. The lowest BCUT2D eigenvalue weighted by Crippen LogP contribution is -2.15. The molecule has 21 heavy (non-hydrogen) atoms. The minimum Gasteiger partial charge on any atom is -0.411 e. The number of oxime groups is 1. The molecular formula is C15H12ClIN2O2. The van der Waals surface area contributed by atoms with E-state index in [1.54, 1.807) is 43.3 Å². The number of hydrogen-bond donors (Lipinski definition) is 2. The molecule has 0 atom stereocenters. The molecule has 0 aliphatic rings. The Kier molecular flexibility index (Phi) is 5.19. The number of nitrogens with one attached hydrogen (secondary N) is 1. The highest BCUT2D eigenvalue weighted by Gasteiger charge is 2.13. The molecule has 0 aromatic heterocycles. The van der Waals surface area contributed by atoms with Crippen LogP contribution in [0, 0.1) is 3.57 Å². The highest BCUT2D eigenvalue weighted by atomic mass is 127. The number of carbonyl (C=O) groups is 1. The van der Waals surface area contributed by atoms with E-state index >= 15 is 0 Å². The summed E-state index contributed by atoms with van der Waals surface area (Å²) >= 11 is 8.01. The van der Waals surface area contributed by atoms with Crippen LogP contribution < -0.4 is 5.32 Å². The van der Waals surface area contributed by atoms with Gasteiger partial charge in [0.25, 0.3) is 5.91 Å². The van der Waals surface area contributed by atoms with Crippen molar-refractivity contribution in [2.24, 2.45) is 5.16 Å². The van der Waals surface area contributed by atoms with E-state index in [9.17, 15) is 4.79 Å². The van der Waals surface area contributed by atoms with Crippen LogP contribution in [0.1, 0.15) is 22.8 Å². The highest BCUT2D eigenvalue weighted by Crippen LogP contribution is 2.21. The lowest BCUT2D eigenvalue weighted by Gasteiger charge is -2.11. The maximum absolute atomic E-state index is 12.4. The number of rotatable bonds is 3. The van der Waals surface area contributed by atoms with Crippen LogP contribution in [0.25, 0.3) is 0 Å². The molecule has 0 bridgehead atoms. The third kappa shape index (κ3) is 3.74. The van der Waals surface area contributed by atoms with Crippen LogP contribution in [0.4, 0.5) is 5.69 Å². The first-order chi connectivity index (χ1) is 10.0. The molecule has 4 nitrogen and oxygen atoms in total. The van der Waals surface area contributed by atoms with Crippen molar-refractivity contribution in [1.29, 1.82) is 0 Å².